The van der Waals surface area contributed by atoms with Crippen molar-refractivity contribution >= 4 is 11.9 Å². The van der Waals surface area contributed by atoms with Gasteiger partial charge in [-0.25, -0.2) is 4.79 Å². The van der Waals surface area contributed by atoms with E-state index in [1.807, 2.05) is 48.6 Å². The fourth-order valence-electron chi connectivity index (χ4n) is 4.53. The van der Waals surface area contributed by atoms with Gasteiger partial charge in [0.2, 0.25) is 0 Å². The summed E-state index contributed by atoms with van der Waals surface area (Å²) < 4.78 is 16.6. The van der Waals surface area contributed by atoms with Crippen molar-refractivity contribution in [3.8, 4) is 0 Å². The zero-order chi connectivity index (χ0) is 26.1. The number of allylic oxidation sites excluding steroid dienone is 7. The van der Waals surface area contributed by atoms with Crippen LogP contribution in [0.5, 0.6) is 0 Å². The van der Waals surface area contributed by atoms with Gasteiger partial charge in [0.1, 0.15) is 18.1 Å². The third-order valence-electron chi connectivity index (χ3n) is 6.33. The largest absolute Gasteiger partial charge is 0.481 e. The molecule has 3 aliphatic heterocycles. The van der Waals surface area contributed by atoms with Gasteiger partial charge >= 0.3 is 11.9 Å². The molecule has 0 unspecified atom stereocenters. The molecule has 0 aliphatic carbocycles. The molecule has 198 valence electrons. The molecule has 0 radical (unpaired) electrons. The van der Waals surface area contributed by atoms with E-state index in [0.717, 1.165) is 0 Å². The number of ether oxygens (including phenoxy) is 3. The maximum absolute atomic E-state index is 12.0. The molecule has 0 spiro atoms. The Hall–Kier alpha value is -2.56. The Labute approximate surface area is 211 Å². The number of aliphatic carboxylic acids is 1. The summed E-state index contributed by atoms with van der Waals surface area (Å²) in [7, 11) is 0. The van der Waals surface area contributed by atoms with E-state index in [9.17, 15) is 30.0 Å². The first-order valence-electron chi connectivity index (χ1n) is 12.4. The lowest BCUT2D eigenvalue weighted by Gasteiger charge is -2.43. The maximum Gasteiger partial charge on any atom is 0.330 e. The van der Waals surface area contributed by atoms with Gasteiger partial charge in [-0.1, -0.05) is 48.6 Å². The number of carbonyl (C=O) groups excluding carboxylic acids is 1. The minimum atomic E-state index is -1.87. The summed E-state index contributed by atoms with van der Waals surface area (Å²) in [5.41, 5.74) is 0. The Balaban J connectivity index is 1.70. The highest BCUT2D eigenvalue weighted by atomic mass is 16.6. The van der Waals surface area contributed by atoms with E-state index in [1.165, 1.54) is 6.08 Å². The second-order valence-corrected chi connectivity index (χ2v) is 9.52. The number of epoxide rings is 1. The van der Waals surface area contributed by atoms with Crippen LogP contribution >= 0.6 is 0 Å². The highest BCUT2D eigenvalue weighted by Gasteiger charge is 2.50. The Morgan fingerprint density at radius 2 is 1.72 bits per heavy atom. The molecule has 2 saturated heterocycles. The third kappa shape index (κ3) is 8.83. The molecular formula is C27H36O9. The van der Waals surface area contributed by atoms with Crippen molar-refractivity contribution in [2.24, 2.45) is 5.92 Å². The number of carboxylic acids is 1. The van der Waals surface area contributed by atoms with Gasteiger partial charge in [-0.3, -0.25) is 4.79 Å². The highest BCUT2D eigenvalue weighted by Crippen LogP contribution is 2.38. The number of hydrogen-bond donors (Lipinski definition) is 4. The number of carbonyl (C=O) groups is 2. The first-order chi connectivity index (χ1) is 17.2. The van der Waals surface area contributed by atoms with Crippen LogP contribution in [0.15, 0.2) is 60.8 Å². The average Bonchev–Trinajstić information content (AvgIpc) is 3.51. The molecule has 0 saturated carbocycles. The Morgan fingerprint density at radius 1 is 1.03 bits per heavy atom. The first kappa shape index (κ1) is 28.0. The van der Waals surface area contributed by atoms with Gasteiger partial charge in [-0.2, -0.15) is 0 Å². The minimum Gasteiger partial charge on any atom is -0.481 e. The van der Waals surface area contributed by atoms with Crippen molar-refractivity contribution in [1.82, 2.24) is 0 Å². The molecule has 0 aromatic rings. The lowest BCUT2D eigenvalue weighted by molar-refractivity contribution is -0.297. The molecule has 8 atom stereocenters. The molecule has 3 rings (SSSR count). The van der Waals surface area contributed by atoms with Crippen LogP contribution in [0.25, 0.3) is 0 Å². The van der Waals surface area contributed by atoms with Crippen molar-refractivity contribution in [2.75, 3.05) is 0 Å². The molecule has 4 N–H and O–H groups in total. The van der Waals surface area contributed by atoms with E-state index in [2.05, 4.69) is 0 Å². The standard InChI is InChI=1S/C27H36O9/c1-18-11-9-7-5-3-2-4-6-8-10-12-22-25(26(31)32)20(29)17-27(33,36-22)16-19(28)15-23-21(35-23)13-14-24(30)34-18/h2-9,13-14,18-23,25,28-29,33H,10-12,15-17H2,1H3,(H,31,32)/b4-2+,5-3+,8-6+,9-7+,14-13+/t18-,19+,20+,21-,22+,23-,25-,27-/m1/s1. The van der Waals surface area contributed by atoms with Crippen molar-refractivity contribution in [3.63, 3.8) is 0 Å². The van der Waals surface area contributed by atoms with Gasteiger partial charge in [0.05, 0.1) is 24.4 Å². The molecule has 0 amide bonds. The molecule has 2 fully saturated rings. The molecule has 0 aromatic carbocycles. The monoisotopic (exact) mass is 504 g/mol. The first-order valence-corrected chi connectivity index (χ1v) is 12.4. The second kappa shape index (κ2) is 13.1. The zero-order valence-electron chi connectivity index (χ0n) is 20.4. The van der Waals surface area contributed by atoms with Crippen molar-refractivity contribution in [2.45, 2.75) is 87.9 Å². The molecular weight excluding hydrogens is 468 g/mol. The third-order valence-corrected chi connectivity index (χ3v) is 6.33. The molecule has 9 nitrogen and oxygen atoms in total. The lowest BCUT2D eigenvalue weighted by Crippen LogP contribution is -2.55. The smallest absolute Gasteiger partial charge is 0.330 e. The van der Waals surface area contributed by atoms with E-state index in [-0.39, 0.29) is 44.0 Å². The summed E-state index contributed by atoms with van der Waals surface area (Å²) in [5, 5.41) is 41.6. The second-order valence-electron chi connectivity index (χ2n) is 9.52. The van der Waals surface area contributed by atoms with Crippen LogP contribution in [0.1, 0.15) is 45.4 Å². The fourth-order valence-corrected chi connectivity index (χ4v) is 4.53. The summed E-state index contributed by atoms with van der Waals surface area (Å²) in [6.07, 6.45) is 14.4. The minimum absolute atomic E-state index is 0.183. The molecule has 0 aromatic heterocycles. The number of esters is 1. The molecule has 3 heterocycles. The topological polar surface area (TPSA) is 146 Å². The van der Waals surface area contributed by atoms with Crippen LogP contribution in [0, 0.1) is 5.92 Å². The number of cyclic esters (lactones) is 1. The van der Waals surface area contributed by atoms with E-state index >= 15 is 0 Å². The van der Waals surface area contributed by atoms with Crippen molar-refractivity contribution < 1.29 is 44.2 Å². The van der Waals surface area contributed by atoms with Gasteiger partial charge in [0, 0.05) is 31.8 Å². The fraction of sp³-hybridized carbons (Fsp3) is 0.556. The summed E-state index contributed by atoms with van der Waals surface area (Å²) >= 11 is 0. The van der Waals surface area contributed by atoms with Crippen LogP contribution < -0.4 is 0 Å². The predicted octanol–water partition coefficient (Wildman–Crippen LogP) is 2.33. The van der Waals surface area contributed by atoms with Crippen molar-refractivity contribution in [1.29, 1.82) is 0 Å². The molecule has 2 bridgehead atoms. The number of rotatable bonds is 1. The normalized spacial score (nSPS) is 43.0. The van der Waals surface area contributed by atoms with Gasteiger partial charge in [-0.15, -0.1) is 0 Å². The van der Waals surface area contributed by atoms with Crippen LogP contribution in [-0.4, -0.2) is 74.8 Å². The quantitative estimate of drug-likeness (QED) is 0.312. The SMILES string of the molecule is C[C@@H]1C/C=C/C=C/C=C/C=C/CC[C@@H]2O[C@](O)(C[C@@H](O)C[C@H]3O[C@@H]3/C=C/C(=O)O1)C[C@H](O)[C@H]2C(=O)O. The van der Waals surface area contributed by atoms with Crippen LogP contribution in [0.3, 0.4) is 0 Å². The highest BCUT2D eigenvalue weighted by molar-refractivity contribution is 5.82. The van der Waals surface area contributed by atoms with E-state index in [1.54, 1.807) is 13.0 Å². The van der Waals surface area contributed by atoms with E-state index in [0.29, 0.717) is 12.8 Å². The molecule has 3 aliphatic rings. The number of aliphatic hydroxyl groups excluding tert-OH is 2. The van der Waals surface area contributed by atoms with Crippen LogP contribution in [0.4, 0.5) is 0 Å². The Bertz CT molecular complexity index is 905. The predicted molar refractivity (Wildman–Crippen MR) is 131 cm³/mol. The van der Waals surface area contributed by atoms with Gasteiger partial charge in [0.15, 0.2) is 5.79 Å². The van der Waals surface area contributed by atoms with Gasteiger partial charge in [-0.05, 0) is 25.8 Å². The molecule has 36 heavy (non-hydrogen) atoms. The summed E-state index contributed by atoms with van der Waals surface area (Å²) in [4.78, 5) is 23.8. The van der Waals surface area contributed by atoms with E-state index in [4.69, 9.17) is 14.2 Å². The summed E-state index contributed by atoms with van der Waals surface area (Å²) in [6, 6.07) is 0. The van der Waals surface area contributed by atoms with Gasteiger partial charge in [0.25, 0.3) is 0 Å². The Morgan fingerprint density at radius 3 is 2.44 bits per heavy atom. The van der Waals surface area contributed by atoms with Crippen molar-refractivity contribution in [3.05, 3.63) is 60.8 Å². The average molecular weight is 505 g/mol. The number of carboxylic acid groups (broad SMARTS) is 1. The number of hydrogen-bond acceptors (Lipinski definition) is 8. The number of fused-ring (bicyclic) bond motifs is 3. The maximum atomic E-state index is 12.0. The Kier molecular flexibility index (Phi) is 10.2. The lowest BCUT2D eigenvalue weighted by atomic mass is 9.83. The molecule has 9 heteroatoms. The number of aliphatic hydroxyl groups is 3. The van der Waals surface area contributed by atoms with Gasteiger partial charge < -0.3 is 34.6 Å². The van der Waals surface area contributed by atoms with E-state index < -0.39 is 42.0 Å². The zero-order valence-corrected chi connectivity index (χ0v) is 20.4. The summed E-state index contributed by atoms with van der Waals surface area (Å²) in [6.45, 7) is 1.81. The summed E-state index contributed by atoms with van der Waals surface area (Å²) in [5.74, 6) is -4.73. The van der Waals surface area contributed by atoms with Crippen LogP contribution in [0.2, 0.25) is 0 Å². The van der Waals surface area contributed by atoms with Crippen LogP contribution in [-0.2, 0) is 23.8 Å².